The van der Waals surface area contributed by atoms with Crippen LogP contribution in [0.25, 0.3) is 0 Å². The van der Waals surface area contributed by atoms with Crippen molar-refractivity contribution >= 4 is 20.0 Å². The second kappa shape index (κ2) is 8.19. The van der Waals surface area contributed by atoms with E-state index in [1.54, 1.807) is 24.3 Å². The third-order valence-corrected chi connectivity index (χ3v) is 8.68. The molecule has 0 aromatic heterocycles. The van der Waals surface area contributed by atoms with Gasteiger partial charge in [0.1, 0.15) is 4.75 Å². The average Bonchev–Trinajstić information content (AvgIpc) is 3.42. The fraction of sp³-hybridized carbons (Fsp3) is 0.400. The Kier molecular flexibility index (Phi) is 6.27. The first-order valence-corrected chi connectivity index (χ1v) is 12.4. The summed E-state index contributed by atoms with van der Waals surface area (Å²) in [7, 11) is -9.17. The molecule has 1 aliphatic carbocycles. The Labute approximate surface area is 179 Å². The molecule has 31 heavy (non-hydrogen) atoms. The Bertz CT molecular complexity index is 1130. The lowest BCUT2D eigenvalue weighted by Gasteiger charge is -2.28. The van der Waals surface area contributed by atoms with Crippen LogP contribution in [0.2, 0.25) is 0 Å². The summed E-state index contributed by atoms with van der Waals surface area (Å²) in [6.45, 7) is 3.55. The number of alkyl halides is 3. The molecule has 1 aliphatic heterocycles. The Hall–Kier alpha value is -1.95. The molecule has 1 heterocycles. The third-order valence-electron chi connectivity index (χ3n) is 5.53. The van der Waals surface area contributed by atoms with Crippen LogP contribution in [0.1, 0.15) is 35.4 Å². The van der Waals surface area contributed by atoms with Gasteiger partial charge in [-0.3, -0.25) is 4.55 Å². The van der Waals surface area contributed by atoms with Crippen molar-refractivity contribution in [1.29, 1.82) is 0 Å². The van der Waals surface area contributed by atoms with Crippen LogP contribution in [0.15, 0.2) is 53.4 Å². The third kappa shape index (κ3) is 4.79. The zero-order chi connectivity index (χ0) is 23.1. The van der Waals surface area contributed by atoms with E-state index in [-0.39, 0.29) is 23.3 Å². The van der Waals surface area contributed by atoms with Crippen molar-refractivity contribution in [1.82, 2.24) is 5.32 Å². The summed E-state index contributed by atoms with van der Waals surface area (Å²) < 4.78 is 89.4. The molecule has 0 amide bonds. The summed E-state index contributed by atoms with van der Waals surface area (Å²) in [6, 6.07) is 12.5. The second-order valence-corrected chi connectivity index (χ2v) is 11.4. The standard InChI is InChI=1S/C13H14F3NO2S.C7H8O3S/c14-13(15,16)20(18,19)12(5-6-12)11-3-1-9(2-4-11)10-7-17-8-10;1-6-2-4-7(5-3-6)11(8,9)10/h1-4,10,17H,5-8H2;2-5H,1H3,(H,8,9,10). The van der Waals surface area contributed by atoms with Crippen molar-refractivity contribution in [3.05, 3.63) is 65.2 Å². The van der Waals surface area contributed by atoms with Gasteiger partial charge in [0.2, 0.25) is 0 Å². The summed E-state index contributed by atoms with van der Waals surface area (Å²) in [5.74, 6) is 0.374. The Balaban J connectivity index is 0.000000210. The van der Waals surface area contributed by atoms with Gasteiger partial charge in [0.25, 0.3) is 20.0 Å². The van der Waals surface area contributed by atoms with E-state index in [2.05, 4.69) is 5.32 Å². The number of rotatable bonds is 4. The monoisotopic (exact) mass is 477 g/mol. The highest BCUT2D eigenvalue weighted by Gasteiger charge is 2.66. The van der Waals surface area contributed by atoms with E-state index >= 15 is 0 Å². The molecule has 1 saturated carbocycles. The number of aryl methyl sites for hydroxylation is 1. The van der Waals surface area contributed by atoms with Gasteiger partial charge in [-0.1, -0.05) is 42.0 Å². The molecule has 2 aromatic carbocycles. The van der Waals surface area contributed by atoms with Gasteiger partial charge in [0.15, 0.2) is 0 Å². The SMILES string of the molecule is Cc1ccc(S(=O)(=O)O)cc1.O=S(=O)(C(F)(F)F)C1(c2ccc(C3CNC3)cc2)CC1. The van der Waals surface area contributed by atoms with Crippen molar-refractivity contribution in [3.63, 3.8) is 0 Å². The van der Waals surface area contributed by atoms with E-state index < -0.39 is 30.2 Å². The number of sulfone groups is 1. The first-order chi connectivity index (χ1) is 14.3. The van der Waals surface area contributed by atoms with Crippen LogP contribution in [-0.2, 0) is 24.7 Å². The van der Waals surface area contributed by atoms with E-state index in [9.17, 15) is 30.0 Å². The van der Waals surface area contributed by atoms with Crippen LogP contribution in [0, 0.1) is 6.92 Å². The zero-order valence-electron chi connectivity index (χ0n) is 16.6. The van der Waals surface area contributed by atoms with Crippen molar-refractivity contribution < 1.29 is 34.6 Å². The molecule has 6 nitrogen and oxygen atoms in total. The van der Waals surface area contributed by atoms with Gasteiger partial charge < -0.3 is 5.32 Å². The number of halogens is 3. The van der Waals surface area contributed by atoms with Crippen LogP contribution in [0.4, 0.5) is 13.2 Å². The van der Waals surface area contributed by atoms with Crippen LogP contribution < -0.4 is 5.32 Å². The van der Waals surface area contributed by atoms with Crippen LogP contribution in [0.3, 0.4) is 0 Å². The minimum absolute atomic E-state index is 0.0408. The quantitative estimate of drug-likeness (QED) is 0.654. The Morgan fingerprint density at radius 3 is 1.81 bits per heavy atom. The molecule has 0 bridgehead atoms. The van der Waals surface area contributed by atoms with Crippen LogP contribution in [0.5, 0.6) is 0 Å². The van der Waals surface area contributed by atoms with E-state index in [1.807, 2.05) is 6.92 Å². The minimum Gasteiger partial charge on any atom is -0.315 e. The molecular formula is C20H22F3NO5S2. The maximum atomic E-state index is 12.7. The topological polar surface area (TPSA) is 101 Å². The summed E-state index contributed by atoms with van der Waals surface area (Å²) in [6.07, 6.45) is 0.0817. The predicted molar refractivity (Wildman–Crippen MR) is 109 cm³/mol. The van der Waals surface area contributed by atoms with Gasteiger partial charge in [-0.15, -0.1) is 0 Å². The van der Waals surface area contributed by atoms with E-state index in [1.165, 1.54) is 24.3 Å². The Morgan fingerprint density at radius 2 is 1.45 bits per heavy atom. The lowest BCUT2D eigenvalue weighted by atomic mass is 9.92. The number of benzene rings is 2. The maximum Gasteiger partial charge on any atom is 0.498 e. The molecule has 2 fully saturated rings. The highest BCUT2D eigenvalue weighted by atomic mass is 32.2. The second-order valence-electron chi connectivity index (χ2n) is 7.71. The molecule has 4 rings (SSSR count). The first kappa shape index (κ1) is 23.7. The van der Waals surface area contributed by atoms with Crippen molar-refractivity contribution in [3.8, 4) is 0 Å². The van der Waals surface area contributed by atoms with E-state index in [4.69, 9.17) is 4.55 Å². The molecule has 2 aromatic rings. The molecule has 2 N–H and O–H groups in total. The number of nitrogens with one attached hydrogen (secondary N) is 1. The van der Waals surface area contributed by atoms with E-state index in [0.717, 1.165) is 24.2 Å². The molecule has 1 saturated heterocycles. The van der Waals surface area contributed by atoms with Crippen molar-refractivity contribution in [2.75, 3.05) is 13.1 Å². The van der Waals surface area contributed by atoms with Gasteiger partial charge in [0.05, 0.1) is 4.90 Å². The summed E-state index contributed by atoms with van der Waals surface area (Å²) in [5.41, 5.74) is -2.95. The van der Waals surface area contributed by atoms with Crippen molar-refractivity contribution in [2.24, 2.45) is 0 Å². The number of hydrogen-bond acceptors (Lipinski definition) is 5. The molecule has 170 valence electrons. The minimum atomic E-state index is -5.19. The molecular weight excluding hydrogens is 455 g/mol. The maximum absolute atomic E-state index is 12.7. The predicted octanol–water partition coefficient (Wildman–Crippen LogP) is 3.54. The normalized spacial score (nSPS) is 18.5. The molecule has 0 spiro atoms. The van der Waals surface area contributed by atoms with Gasteiger partial charge >= 0.3 is 5.51 Å². The van der Waals surface area contributed by atoms with Crippen molar-refractivity contribution in [2.45, 2.75) is 40.8 Å². The molecule has 0 atom stereocenters. The molecule has 0 unspecified atom stereocenters. The molecule has 11 heteroatoms. The van der Waals surface area contributed by atoms with Gasteiger partial charge in [-0.05, 0) is 43.0 Å². The fourth-order valence-electron chi connectivity index (χ4n) is 3.34. The number of hydrogen-bond donors (Lipinski definition) is 2. The Morgan fingerprint density at radius 1 is 0.935 bits per heavy atom. The summed E-state index contributed by atoms with van der Waals surface area (Å²) >= 11 is 0. The lowest BCUT2D eigenvalue weighted by Crippen LogP contribution is -2.39. The van der Waals surface area contributed by atoms with Gasteiger partial charge in [-0.2, -0.15) is 21.6 Å². The van der Waals surface area contributed by atoms with Crippen LogP contribution in [-0.4, -0.2) is 40.0 Å². The molecule has 2 aliphatic rings. The first-order valence-electron chi connectivity index (χ1n) is 9.44. The van der Waals surface area contributed by atoms with Gasteiger partial charge in [-0.25, -0.2) is 8.42 Å². The summed E-state index contributed by atoms with van der Waals surface area (Å²) in [5, 5.41) is 3.12. The molecule has 0 radical (unpaired) electrons. The highest BCUT2D eigenvalue weighted by molar-refractivity contribution is 7.93. The zero-order valence-corrected chi connectivity index (χ0v) is 18.2. The average molecular weight is 478 g/mol. The van der Waals surface area contributed by atoms with Gasteiger partial charge in [0, 0.05) is 19.0 Å². The van der Waals surface area contributed by atoms with Crippen LogP contribution >= 0.6 is 0 Å². The van der Waals surface area contributed by atoms with E-state index in [0.29, 0.717) is 5.92 Å². The fourth-order valence-corrected chi connectivity index (χ4v) is 5.35. The smallest absolute Gasteiger partial charge is 0.315 e. The highest BCUT2D eigenvalue weighted by Crippen LogP contribution is 2.57. The largest absolute Gasteiger partial charge is 0.498 e. The summed E-state index contributed by atoms with van der Waals surface area (Å²) in [4.78, 5) is -0.0666. The lowest BCUT2D eigenvalue weighted by molar-refractivity contribution is -0.0448.